The topological polar surface area (TPSA) is 0 Å². The molecule has 2 atom stereocenters. The molecule has 0 fully saturated rings. The van der Waals surface area contributed by atoms with Crippen LogP contribution < -0.4 is 10.4 Å². The van der Waals surface area contributed by atoms with Crippen LogP contribution in [0.15, 0.2) is 121 Å². The van der Waals surface area contributed by atoms with Crippen LogP contribution in [0.1, 0.15) is 29.5 Å². The normalized spacial score (nSPS) is 19.6. The maximum atomic E-state index is 2.81. The van der Waals surface area contributed by atoms with Gasteiger partial charge in [-0.25, -0.2) is 0 Å². The quantitative estimate of drug-likeness (QED) is 0.246. The number of rotatable bonds is 5. The fourth-order valence-corrected chi connectivity index (χ4v) is 49.2. The number of hydrogen-bond donors (Lipinski definition) is 0. The van der Waals surface area contributed by atoms with E-state index in [1.54, 1.807) is 21.5 Å². The first-order valence-corrected chi connectivity index (χ1v) is 26.2. The molecule has 4 aromatic carbocycles. The van der Waals surface area contributed by atoms with Crippen LogP contribution in [-0.2, 0) is 17.9 Å². The van der Waals surface area contributed by atoms with Gasteiger partial charge in [0.15, 0.2) is 0 Å². The zero-order chi connectivity index (χ0) is 23.2. The van der Waals surface area contributed by atoms with Crippen molar-refractivity contribution < 1.29 is 17.9 Å². The van der Waals surface area contributed by atoms with Gasteiger partial charge in [-0.05, 0) is 0 Å². The molecule has 0 bridgehead atoms. The van der Waals surface area contributed by atoms with Crippen molar-refractivity contribution in [3.8, 4) is 0 Å². The first kappa shape index (κ1) is 22.0. The van der Waals surface area contributed by atoms with Crippen LogP contribution in [0.3, 0.4) is 0 Å². The molecule has 2 aliphatic carbocycles. The Morgan fingerprint density at radius 3 is 1.32 bits per heavy atom. The summed E-state index contributed by atoms with van der Waals surface area (Å²) in [7, 11) is 0. The summed E-state index contributed by atoms with van der Waals surface area (Å²) in [5.74, 6) is -1.61. The Bertz CT molecular complexity index is 1300. The Kier molecular flexibility index (Phi) is 5.36. The molecule has 0 nitrogen and oxygen atoms in total. The van der Waals surface area contributed by atoms with Crippen molar-refractivity contribution in [3.63, 3.8) is 0 Å². The Balaban J connectivity index is 1.68. The Hall–Kier alpha value is -2.54. The Morgan fingerprint density at radius 2 is 0.882 bits per heavy atom. The van der Waals surface area contributed by atoms with Gasteiger partial charge in [0, 0.05) is 0 Å². The summed E-state index contributed by atoms with van der Waals surface area (Å²) in [6, 6.07) is 41.4. The molecule has 167 valence electrons. The van der Waals surface area contributed by atoms with Gasteiger partial charge in [0.25, 0.3) is 0 Å². The fraction of sp³-hybridized carbons (Fsp3) is 0.125. The average molecular weight is 535 g/mol. The van der Waals surface area contributed by atoms with Gasteiger partial charge in [-0.1, -0.05) is 0 Å². The third-order valence-corrected chi connectivity index (χ3v) is 47.4. The van der Waals surface area contributed by atoms with Crippen molar-refractivity contribution in [2.24, 2.45) is 0 Å². The first-order valence-electron chi connectivity index (χ1n) is 12.4. The summed E-state index contributed by atoms with van der Waals surface area (Å²) in [5, 5.41) is 3.19. The third-order valence-electron chi connectivity index (χ3n) is 8.74. The average Bonchev–Trinajstić information content (AvgIpc) is 3.51. The summed E-state index contributed by atoms with van der Waals surface area (Å²) < 4.78 is 6.67. The molecule has 6 rings (SSSR count). The fourth-order valence-electron chi connectivity index (χ4n) is 7.17. The van der Waals surface area contributed by atoms with Gasteiger partial charge in [-0.15, -0.1) is 0 Å². The number of allylic oxidation sites excluding steroid dienone is 2. The molecular weight excluding hydrogens is 504 g/mol. The predicted octanol–water partition coefficient (Wildman–Crippen LogP) is 6.85. The molecule has 0 heterocycles. The van der Waals surface area contributed by atoms with Gasteiger partial charge in [0.1, 0.15) is 0 Å². The van der Waals surface area contributed by atoms with Gasteiger partial charge in [0.2, 0.25) is 0 Å². The van der Waals surface area contributed by atoms with Crippen molar-refractivity contribution in [1.82, 2.24) is 0 Å². The van der Waals surface area contributed by atoms with Crippen molar-refractivity contribution in [1.29, 1.82) is 0 Å². The zero-order valence-corrected chi connectivity index (χ0v) is 23.5. The van der Waals surface area contributed by atoms with Crippen LogP contribution in [0.25, 0.3) is 12.2 Å². The van der Waals surface area contributed by atoms with E-state index in [-0.39, 0.29) is 0 Å². The van der Waals surface area contributed by atoms with Gasteiger partial charge >= 0.3 is 207 Å². The molecule has 4 aromatic rings. The monoisotopic (exact) mass is 533 g/mol. The van der Waals surface area contributed by atoms with E-state index in [0.717, 1.165) is 0 Å². The molecule has 2 aliphatic rings. The van der Waals surface area contributed by atoms with E-state index in [9.17, 15) is 0 Å². The summed E-state index contributed by atoms with van der Waals surface area (Å²) in [5.41, 5.74) is 5.95. The second kappa shape index (κ2) is 8.29. The Labute approximate surface area is 205 Å². The van der Waals surface area contributed by atoms with E-state index >= 15 is 0 Å². The molecule has 0 saturated carbocycles. The molecule has 0 aliphatic heterocycles. The second-order valence-electron chi connectivity index (χ2n) is 10.9. The maximum absolute atomic E-state index is 3.81. The van der Waals surface area contributed by atoms with E-state index < -0.39 is 23.9 Å². The van der Waals surface area contributed by atoms with E-state index in [1.165, 1.54) is 11.1 Å². The summed E-state index contributed by atoms with van der Waals surface area (Å²) in [4.78, 5) is 0. The molecule has 0 saturated heterocycles. The molecule has 0 radical (unpaired) electrons. The van der Waals surface area contributed by atoms with Gasteiger partial charge < -0.3 is 0 Å². The Morgan fingerprint density at radius 1 is 0.500 bits per heavy atom. The molecule has 0 amide bonds. The molecule has 34 heavy (non-hydrogen) atoms. The van der Waals surface area contributed by atoms with Gasteiger partial charge in [-0.2, -0.15) is 0 Å². The van der Waals surface area contributed by atoms with Crippen LogP contribution in [0.2, 0.25) is 9.26 Å². The molecule has 0 aromatic heterocycles. The van der Waals surface area contributed by atoms with Crippen molar-refractivity contribution in [3.05, 3.63) is 144 Å². The van der Waals surface area contributed by atoms with E-state index in [2.05, 4.69) is 143 Å². The van der Waals surface area contributed by atoms with E-state index in [4.69, 9.17) is 0 Å². The van der Waals surface area contributed by atoms with Crippen molar-refractivity contribution >= 4 is 28.4 Å². The van der Waals surface area contributed by atoms with Crippen LogP contribution in [0, 0.1) is 0 Å². The molecule has 2 heteroatoms. The third kappa shape index (κ3) is 3.27. The predicted molar refractivity (Wildman–Crippen MR) is 147 cm³/mol. The van der Waals surface area contributed by atoms with Gasteiger partial charge in [0.05, 0.1) is 0 Å². The van der Waals surface area contributed by atoms with Crippen LogP contribution in [-0.4, -0.2) is 5.92 Å². The minimum atomic E-state index is -3.81. The number of benzene rings is 4. The van der Waals surface area contributed by atoms with E-state index in [0.29, 0.717) is 7.25 Å². The minimum absolute atomic E-state index is 0.524. The molecule has 0 N–H and O–H groups in total. The number of fused-ring (bicyclic) bond motifs is 2. The molecule has 2 unspecified atom stereocenters. The summed E-state index contributed by atoms with van der Waals surface area (Å²) in [6.45, 7) is 0. The second-order valence-corrected chi connectivity index (χ2v) is 44.6. The summed E-state index contributed by atoms with van der Waals surface area (Å²) >= 11 is -3.81. The first-order chi connectivity index (χ1) is 16.6. The number of hydrogen-bond acceptors (Lipinski definition) is 0. The molecular formula is C32H31SiZr. The van der Waals surface area contributed by atoms with Crippen LogP contribution in [0.5, 0.6) is 0 Å². The van der Waals surface area contributed by atoms with Crippen molar-refractivity contribution in [2.45, 2.75) is 16.5 Å². The SMILES string of the molecule is [CH3][Zr]([CH3])([CH]1C=Cc2ccccc21)([CH]1C=Cc2ccccc21)[SiH](c1ccccc1)c1ccccc1. The van der Waals surface area contributed by atoms with E-state index in [1.807, 2.05) is 0 Å². The standard InChI is InChI=1S/C12H11Si.2C9H7.2CH3.Zr/c1-3-7-11(8-4-1)13-12-9-5-2-6-10-12;2*1-2-5-9-7-3-6-8(9)4-1;;;/h1-10,13H;2*1-7H;2*1H3;. The van der Waals surface area contributed by atoms with Crippen molar-refractivity contribution in [2.75, 3.05) is 0 Å². The van der Waals surface area contributed by atoms with Crippen LogP contribution in [0.4, 0.5) is 0 Å². The van der Waals surface area contributed by atoms with Gasteiger partial charge in [-0.3, -0.25) is 0 Å². The zero-order valence-electron chi connectivity index (χ0n) is 19.9. The summed E-state index contributed by atoms with van der Waals surface area (Å²) in [6.07, 6.45) is 10.0. The van der Waals surface area contributed by atoms with Crippen LogP contribution >= 0.6 is 0 Å². The molecule has 0 spiro atoms.